The summed E-state index contributed by atoms with van der Waals surface area (Å²) in [6.07, 6.45) is 11.9. The molecule has 3 nitrogen and oxygen atoms in total. The minimum absolute atomic E-state index is 0.853. The lowest BCUT2D eigenvalue weighted by Crippen LogP contribution is -2.33. The molecule has 1 aromatic heterocycles. The smallest absolute Gasteiger partial charge is 0.182 e. The van der Waals surface area contributed by atoms with E-state index in [0.717, 1.165) is 36.6 Å². The number of aromatic nitrogens is 1. The van der Waals surface area contributed by atoms with Gasteiger partial charge in [0.05, 0.1) is 0 Å². The number of hydrogen-bond acceptors (Lipinski definition) is 4. The number of nitrogens with zero attached hydrogens (tertiary/aromatic N) is 2. The number of thiazole rings is 1. The second kappa shape index (κ2) is 6.90. The molecular weight excluding hydrogens is 266 g/mol. The first kappa shape index (κ1) is 14.3. The Morgan fingerprint density at radius 1 is 1.30 bits per heavy atom. The van der Waals surface area contributed by atoms with Crippen LogP contribution >= 0.6 is 11.3 Å². The Hall–Kier alpha value is -0.610. The zero-order chi connectivity index (χ0) is 13.8. The summed E-state index contributed by atoms with van der Waals surface area (Å²) in [5.74, 6) is 0.975. The third kappa shape index (κ3) is 3.34. The van der Waals surface area contributed by atoms with Gasteiger partial charge in [-0.15, -0.1) is 11.3 Å². The van der Waals surface area contributed by atoms with Gasteiger partial charge in [0.1, 0.15) is 0 Å². The van der Waals surface area contributed by atoms with Gasteiger partial charge in [-0.2, -0.15) is 0 Å². The highest BCUT2D eigenvalue weighted by Gasteiger charge is 2.33. The van der Waals surface area contributed by atoms with Crippen molar-refractivity contribution >= 4 is 16.5 Å². The predicted octanol–water partition coefficient (Wildman–Crippen LogP) is 4.12. The lowest BCUT2D eigenvalue weighted by atomic mass is 9.96. The van der Waals surface area contributed by atoms with Crippen LogP contribution in [0.25, 0.3) is 0 Å². The van der Waals surface area contributed by atoms with Crippen LogP contribution in [0.3, 0.4) is 0 Å². The zero-order valence-electron chi connectivity index (χ0n) is 12.6. The fourth-order valence-corrected chi connectivity index (χ4v) is 4.68. The third-order valence-electron chi connectivity index (χ3n) is 4.80. The highest BCUT2D eigenvalue weighted by molar-refractivity contribution is 7.15. The first-order valence-electron chi connectivity index (χ1n) is 8.29. The van der Waals surface area contributed by atoms with Crippen molar-refractivity contribution in [3.63, 3.8) is 0 Å². The van der Waals surface area contributed by atoms with Gasteiger partial charge in [0.25, 0.3) is 0 Å². The highest BCUT2D eigenvalue weighted by atomic mass is 32.1. The monoisotopic (exact) mass is 293 g/mol. The molecule has 3 rings (SSSR count). The summed E-state index contributed by atoms with van der Waals surface area (Å²) in [5.41, 5.74) is 0. The number of likely N-dealkylation sites (tertiary alicyclic amines) is 1. The van der Waals surface area contributed by atoms with Crippen LogP contribution in [0.1, 0.15) is 56.7 Å². The molecular formula is C16H27N3S. The van der Waals surface area contributed by atoms with Crippen LogP contribution in [0.4, 0.5) is 5.13 Å². The van der Waals surface area contributed by atoms with Gasteiger partial charge >= 0.3 is 0 Å². The Bertz CT molecular complexity index is 412. The number of nitrogens with one attached hydrogen (secondary N) is 1. The fourth-order valence-electron chi connectivity index (χ4n) is 3.82. The maximum Gasteiger partial charge on any atom is 0.182 e. The van der Waals surface area contributed by atoms with E-state index >= 15 is 0 Å². The molecule has 1 atom stereocenters. The molecule has 2 fully saturated rings. The summed E-state index contributed by atoms with van der Waals surface area (Å²) >= 11 is 1.84. The molecule has 1 N–H and O–H groups in total. The van der Waals surface area contributed by atoms with Gasteiger partial charge in [-0.1, -0.05) is 19.8 Å². The minimum atomic E-state index is 0.853. The van der Waals surface area contributed by atoms with E-state index < -0.39 is 0 Å². The van der Waals surface area contributed by atoms with Crippen molar-refractivity contribution in [3.05, 3.63) is 11.1 Å². The molecule has 20 heavy (non-hydrogen) atoms. The number of rotatable bonds is 6. The van der Waals surface area contributed by atoms with Crippen molar-refractivity contribution in [1.82, 2.24) is 9.88 Å². The molecule has 0 amide bonds. The maximum absolute atomic E-state index is 4.50. The molecule has 0 bridgehead atoms. The average molecular weight is 293 g/mol. The van der Waals surface area contributed by atoms with E-state index in [-0.39, 0.29) is 0 Å². The van der Waals surface area contributed by atoms with Crippen molar-refractivity contribution in [2.24, 2.45) is 5.92 Å². The van der Waals surface area contributed by atoms with Gasteiger partial charge < -0.3 is 5.32 Å². The summed E-state index contributed by atoms with van der Waals surface area (Å²) in [6, 6.07) is 0.853. The molecule has 0 spiro atoms. The fraction of sp³-hybridized carbons (Fsp3) is 0.812. The van der Waals surface area contributed by atoms with E-state index in [4.69, 9.17) is 0 Å². The number of hydrogen-bond donors (Lipinski definition) is 1. The summed E-state index contributed by atoms with van der Waals surface area (Å²) in [4.78, 5) is 8.65. The van der Waals surface area contributed by atoms with Crippen molar-refractivity contribution in [2.45, 2.75) is 64.5 Å². The first-order valence-corrected chi connectivity index (χ1v) is 9.11. The highest BCUT2D eigenvalue weighted by Crippen LogP contribution is 2.36. The molecule has 1 unspecified atom stereocenters. The summed E-state index contributed by atoms with van der Waals surface area (Å²) < 4.78 is 0. The van der Waals surface area contributed by atoms with Crippen molar-refractivity contribution < 1.29 is 0 Å². The van der Waals surface area contributed by atoms with Gasteiger partial charge in [-0.05, 0) is 44.6 Å². The van der Waals surface area contributed by atoms with E-state index in [1.54, 1.807) is 0 Å². The molecule has 112 valence electrons. The number of anilines is 1. The lowest BCUT2D eigenvalue weighted by molar-refractivity contribution is 0.184. The van der Waals surface area contributed by atoms with E-state index in [0.29, 0.717) is 0 Å². The van der Waals surface area contributed by atoms with Crippen LogP contribution in [0.15, 0.2) is 6.20 Å². The van der Waals surface area contributed by atoms with E-state index in [2.05, 4.69) is 28.3 Å². The van der Waals surface area contributed by atoms with Crippen LogP contribution in [-0.4, -0.2) is 29.0 Å². The Kier molecular flexibility index (Phi) is 4.94. The standard InChI is InChI=1S/C16H27N3S/c1-2-9-17-16-18-11-14(20-16)12-19-10-5-8-15(19)13-6-3-4-7-13/h11,13,15H,2-10,12H2,1H3,(H,17,18). The molecule has 1 aliphatic heterocycles. The molecule has 0 radical (unpaired) electrons. The quantitative estimate of drug-likeness (QED) is 0.855. The molecule has 0 aromatic carbocycles. The maximum atomic E-state index is 4.50. The van der Waals surface area contributed by atoms with Crippen molar-refractivity contribution in [2.75, 3.05) is 18.4 Å². The second-order valence-corrected chi connectivity index (χ2v) is 7.40. The molecule has 4 heteroatoms. The van der Waals surface area contributed by atoms with E-state index in [9.17, 15) is 0 Å². The van der Waals surface area contributed by atoms with Gasteiger partial charge in [-0.3, -0.25) is 4.90 Å². The topological polar surface area (TPSA) is 28.2 Å². The molecule has 2 aliphatic rings. The normalized spacial score (nSPS) is 24.6. The zero-order valence-corrected chi connectivity index (χ0v) is 13.4. The molecule has 1 aliphatic carbocycles. The first-order chi connectivity index (χ1) is 9.86. The summed E-state index contributed by atoms with van der Waals surface area (Å²) in [5, 5.41) is 4.49. The second-order valence-electron chi connectivity index (χ2n) is 6.28. The summed E-state index contributed by atoms with van der Waals surface area (Å²) in [6.45, 7) is 5.63. The van der Waals surface area contributed by atoms with Gasteiger partial charge in [0, 0.05) is 30.2 Å². The van der Waals surface area contributed by atoms with Crippen molar-refractivity contribution in [3.8, 4) is 0 Å². The van der Waals surface area contributed by atoms with E-state index in [1.807, 2.05) is 11.3 Å². The van der Waals surface area contributed by atoms with Gasteiger partial charge in [0.2, 0.25) is 0 Å². The Labute approximate surface area is 126 Å². The Morgan fingerprint density at radius 3 is 2.95 bits per heavy atom. The predicted molar refractivity (Wildman–Crippen MR) is 86.3 cm³/mol. The summed E-state index contributed by atoms with van der Waals surface area (Å²) in [7, 11) is 0. The Morgan fingerprint density at radius 2 is 2.15 bits per heavy atom. The Balaban J connectivity index is 1.57. The van der Waals surface area contributed by atoms with Crippen LogP contribution in [0.2, 0.25) is 0 Å². The molecule has 1 aromatic rings. The van der Waals surface area contributed by atoms with Crippen molar-refractivity contribution in [1.29, 1.82) is 0 Å². The molecule has 1 saturated heterocycles. The minimum Gasteiger partial charge on any atom is -0.362 e. The molecule has 2 heterocycles. The van der Waals surface area contributed by atoms with Crippen LogP contribution in [-0.2, 0) is 6.54 Å². The SMILES string of the molecule is CCCNc1ncc(CN2CCCC2C2CCCC2)s1. The van der Waals surface area contributed by atoms with Gasteiger partial charge in [0.15, 0.2) is 5.13 Å². The average Bonchev–Trinajstić information content (AvgIpc) is 3.18. The van der Waals surface area contributed by atoms with Crippen LogP contribution < -0.4 is 5.32 Å². The largest absolute Gasteiger partial charge is 0.362 e. The lowest BCUT2D eigenvalue weighted by Gasteiger charge is -2.28. The molecule has 1 saturated carbocycles. The van der Waals surface area contributed by atoms with Gasteiger partial charge in [-0.25, -0.2) is 4.98 Å². The van der Waals surface area contributed by atoms with E-state index in [1.165, 1.54) is 49.9 Å². The van der Waals surface area contributed by atoms with Crippen LogP contribution in [0, 0.1) is 5.92 Å². The third-order valence-corrected chi connectivity index (χ3v) is 5.74. The van der Waals surface area contributed by atoms with Crippen LogP contribution in [0.5, 0.6) is 0 Å².